The Balaban J connectivity index is 2.29. The Bertz CT molecular complexity index is 912. The molecule has 0 saturated heterocycles. The minimum atomic E-state index is -4.12. The molecule has 1 N–H and O–H groups in total. The number of benzene rings is 2. The van der Waals surface area contributed by atoms with Gasteiger partial charge in [0, 0.05) is 0 Å². The summed E-state index contributed by atoms with van der Waals surface area (Å²) >= 11 is 0. The molecule has 0 bridgehead atoms. The average molecular weight is 398 g/mol. The van der Waals surface area contributed by atoms with Crippen LogP contribution in [-0.2, 0) is 14.8 Å². The zero-order valence-corrected chi connectivity index (χ0v) is 15.9. The molecule has 27 heavy (non-hydrogen) atoms. The molecule has 0 atom stereocenters. The van der Waals surface area contributed by atoms with Crippen molar-refractivity contribution in [2.24, 2.45) is 0 Å². The molecular weight excluding hydrogens is 378 g/mol. The topological polar surface area (TPSA) is 75.7 Å². The second-order valence-electron chi connectivity index (χ2n) is 6.05. The van der Waals surface area contributed by atoms with Gasteiger partial charge in [0.15, 0.2) is 11.6 Å². The van der Waals surface area contributed by atoms with Crippen molar-refractivity contribution in [3.63, 3.8) is 0 Å². The largest absolute Gasteiger partial charge is 0.489 e. The van der Waals surface area contributed by atoms with Gasteiger partial charge in [-0.05, 0) is 38.1 Å². The number of ether oxygens (including phenoxy) is 1. The standard InChI is InChI=1S/C18H20F2N2O4S/c1-12(2)26-16-10-5-4-9-15(16)21-17(23)11-22(27(3,24)25)18-13(19)7-6-8-14(18)20/h4-10,12H,11H2,1-3H3,(H,21,23). The summed E-state index contributed by atoms with van der Waals surface area (Å²) in [6, 6.07) is 9.53. The molecule has 146 valence electrons. The lowest BCUT2D eigenvalue weighted by Crippen LogP contribution is -2.38. The normalized spacial score (nSPS) is 11.3. The molecule has 0 aromatic heterocycles. The van der Waals surface area contributed by atoms with Gasteiger partial charge in [0.25, 0.3) is 0 Å². The number of nitrogens with one attached hydrogen (secondary N) is 1. The Labute approximate surface area is 156 Å². The maximum Gasteiger partial charge on any atom is 0.245 e. The van der Waals surface area contributed by atoms with Gasteiger partial charge in [0.1, 0.15) is 18.0 Å². The monoisotopic (exact) mass is 398 g/mol. The molecule has 2 aromatic rings. The summed E-state index contributed by atoms with van der Waals surface area (Å²) in [7, 11) is -4.12. The lowest BCUT2D eigenvalue weighted by molar-refractivity contribution is -0.114. The van der Waals surface area contributed by atoms with Crippen molar-refractivity contribution in [2.45, 2.75) is 20.0 Å². The average Bonchev–Trinajstić information content (AvgIpc) is 2.54. The number of anilines is 2. The molecule has 0 heterocycles. The molecule has 0 unspecified atom stereocenters. The number of para-hydroxylation sites is 3. The summed E-state index contributed by atoms with van der Waals surface area (Å²) in [5, 5.41) is 2.51. The minimum Gasteiger partial charge on any atom is -0.489 e. The number of carbonyl (C=O) groups excluding carboxylic acids is 1. The Morgan fingerprint density at radius 1 is 1.11 bits per heavy atom. The van der Waals surface area contributed by atoms with Crippen LogP contribution in [0.1, 0.15) is 13.8 Å². The lowest BCUT2D eigenvalue weighted by atomic mass is 10.2. The fourth-order valence-electron chi connectivity index (χ4n) is 2.34. The van der Waals surface area contributed by atoms with Crippen LogP contribution in [0.4, 0.5) is 20.2 Å². The smallest absolute Gasteiger partial charge is 0.245 e. The highest BCUT2D eigenvalue weighted by atomic mass is 32.2. The van der Waals surface area contributed by atoms with Crippen molar-refractivity contribution in [2.75, 3.05) is 22.4 Å². The molecule has 0 fully saturated rings. The Morgan fingerprint density at radius 2 is 1.70 bits per heavy atom. The number of hydrogen-bond donors (Lipinski definition) is 1. The van der Waals surface area contributed by atoms with Gasteiger partial charge in [-0.1, -0.05) is 18.2 Å². The molecule has 0 aliphatic carbocycles. The molecule has 0 radical (unpaired) electrons. The first kappa shape index (κ1) is 20.6. The van der Waals surface area contributed by atoms with E-state index in [1.54, 1.807) is 24.3 Å². The summed E-state index contributed by atoms with van der Waals surface area (Å²) in [5.41, 5.74) is -0.486. The maximum atomic E-state index is 14.0. The fourth-order valence-corrected chi connectivity index (χ4v) is 3.19. The summed E-state index contributed by atoms with van der Waals surface area (Å²) in [6.45, 7) is 2.82. The maximum absolute atomic E-state index is 14.0. The van der Waals surface area contributed by atoms with Crippen LogP contribution in [0.2, 0.25) is 0 Å². The molecule has 2 rings (SSSR count). The quantitative estimate of drug-likeness (QED) is 0.777. The van der Waals surface area contributed by atoms with Crippen molar-refractivity contribution in [3.8, 4) is 5.75 Å². The van der Waals surface area contributed by atoms with E-state index in [9.17, 15) is 22.0 Å². The predicted octanol–water partition coefficient (Wildman–Crippen LogP) is 3.16. The lowest BCUT2D eigenvalue weighted by Gasteiger charge is -2.23. The SMILES string of the molecule is CC(C)Oc1ccccc1NC(=O)CN(c1c(F)cccc1F)S(C)(=O)=O. The van der Waals surface area contributed by atoms with Gasteiger partial charge in [0.2, 0.25) is 15.9 Å². The number of carbonyl (C=O) groups is 1. The van der Waals surface area contributed by atoms with Gasteiger partial charge >= 0.3 is 0 Å². The van der Waals surface area contributed by atoms with E-state index in [1.807, 2.05) is 13.8 Å². The van der Waals surface area contributed by atoms with E-state index in [1.165, 1.54) is 0 Å². The molecule has 0 spiro atoms. The van der Waals surface area contributed by atoms with Crippen LogP contribution in [0, 0.1) is 11.6 Å². The molecule has 0 aliphatic rings. The van der Waals surface area contributed by atoms with Crippen molar-refractivity contribution in [1.29, 1.82) is 0 Å². The third-order valence-corrected chi connectivity index (χ3v) is 4.51. The molecule has 6 nitrogen and oxygen atoms in total. The first-order chi connectivity index (χ1) is 12.6. The third-order valence-electron chi connectivity index (χ3n) is 3.40. The molecular formula is C18H20F2N2O4S. The highest BCUT2D eigenvalue weighted by Crippen LogP contribution is 2.27. The summed E-state index contributed by atoms with van der Waals surface area (Å²) in [5.74, 6) is -2.56. The van der Waals surface area contributed by atoms with Crippen molar-refractivity contribution in [1.82, 2.24) is 0 Å². The van der Waals surface area contributed by atoms with Crippen LogP contribution in [0.5, 0.6) is 5.75 Å². The van der Waals surface area contributed by atoms with E-state index >= 15 is 0 Å². The summed E-state index contributed by atoms with van der Waals surface area (Å²) in [4.78, 5) is 12.4. The second-order valence-corrected chi connectivity index (χ2v) is 7.96. The van der Waals surface area contributed by atoms with Gasteiger partial charge in [0.05, 0.1) is 18.0 Å². The molecule has 0 saturated carbocycles. The van der Waals surface area contributed by atoms with Crippen molar-refractivity contribution >= 4 is 27.3 Å². The Kier molecular flexibility index (Phi) is 6.37. The van der Waals surface area contributed by atoms with Crippen LogP contribution in [0.25, 0.3) is 0 Å². The number of hydrogen-bond acceptors (Lipinski definition) is 4. The number of sulfonamides is 1. The van der Waals surface area contributed by atoms with Crippen LogP contribution in [0.15, 0.2) is 42.5 Å². The fraction of sp³-hybridized carbons (Fsp3) is 0.278. The molecule has 1 amide bonds. The number of halogens is 2. The van der Waals surface area contributed by atoms with E-state index in [4.69, 9.17) is 4.74 Å². The van der Waals surface area contributed by atoms with Crippen LogP contribution in [-0.4, -0.2) is 33.2 Å². The first-order valence-corrected chi connectivity index (χ1v) is 9.91. The van der Waals surface area contributed by atoms with Crippen LogP contribution < -0.4 is 14.4 Å². The first-order valence-electron chi connectivity index (χ1n) is 8.07. The zero-order chi connectivity index (χ0) is 20.2. The highest BCUT2D eigenvalue weighted by Gasteiger charge is 2.27. The molecule has 2 aromatic carbocycles. The third kappa shape index (κ3) is 5.40. The van der Waals surface area contributed by atoms with Gasteiger partial charge in [-0.3, -0.25) is 9.10 Å². The van der Waals surface area contributed by atoms with E-state index in [0.717, 1.165) is 24.5 Å². The highest BCUT2D eigenvalue weighted by molar-refractivity contribution is 7.92. The molecule has 9 heteroatoms. The van der Waals surface area contributed by atoms with E-state index in [-0.39, 0.29) is 6.10 Å². The molecule has 0 aliphatic heterocycles. The predicted molar refractivity (Wildman–Crippen MR) is 99.4 cm³/mol. The zero-order valence-electron chi connectivity index (χ0n) is 15.1. The van der Waals surface area contributed by atoms with Crippen molar-refractivity contribution < 1.29 is 26.7 Å². The van der Waals surface area contributed by atoms with Gasteiger partial charge in [-0.15, -0.1) is 0 Å². The van der Waals surface area contributed by atoms with Gasteiger partial charge in [-0.2, -0.15) is 0 Å². The Morgan fingerprint density at radius 3 is 2.26 bits per heavy atom. The second kappa shape index (κ2) is 8.34. The van der Waals surface area contributed by atoms with E-state index < -0.39 is 39.8 Å². The minimum absolute atomic E-state index is 0.150. The van der Waals surface area contributed by atoms with E-state index in [2.05, 4.69) is 5.32 Å². The summed E-state index contributed by atoms with van der Waals surface area (Å²) < 4.78 is 58.0. The number of amides is 1. The Hall–Kier alpha value is -2.68. The number of nitrogens with zero attached hydrogens (tertiary/aromatic N) is 1. The van der Waals surface area contributed by atoms with Crippen molar-refractivity contribution in [3.05, 3.63) is 54.1 Å². The number of rotatable bonds is 7. The van der Waals surface area contributed by atoms with E-state index in [0.29, 0.717) is 15.7 Å². The van der Waals surface area contributed by atoms with Crippen LogP contribution in [0.3, 0.4) is 0 Å². The van der Waals surface area contributed by atoms with Crippen LogP contribution >= 0.6 is 0 Å². The summed E-state index contributed by atoms with van der Waals surface area (Å²) in [6.07, 6.45) is 0.616. The van der Waals surface area contributed by atoms with Gasteiger partial charge < -0.3 is 10.1 Å². The van der Waals surface area contributed by atoms with Gasteiger partial charge in [-0.25, -0.2) is 17.2 Å².